The summed E-state index contributed by atoms with van der Waals surface area (Å²) < 4.78 is 0. The van der Waals surface area contributed by atoms with Crippen LogP contribution >= 0.6 is 0 Å². The number of para-hydroxylation sites is 1. The maximum Gasteiger partial charge on any atom is 0.130 e. The van der Waals surface area contributed by atoms with Crippen molar-refractivity contribution < 1.29 is 5.11 Å². The fourth-order valence-electron chi connectivity index (χ4n) is 5.23. The van der Waals surface area contributed by atoms with Gasteiger partial charge in [-0.05, 0) is 93.0 Å². The largest absolute Gasteiger partial charge is 0.507 e. The van der Waals surface area contributed by atoms with Gasteiger partial charge in [0.1, 0.15) is 5.75 Å². The van der Waals surface area contributed by atoms with E-state index in [0.29, 0.717) is 12.2 Å². The summed E-state index contributed by atoms with van der Waals surface area (Å²) in [6.07, 6.45) is 14.7. The Bertz CT molecular complexity index is 1140. The van der Waals surface area contributed by atoms with Crippen molar-refractivity contribution in [2.45, 2.75) is 58.9 Å². The van der Waals surface area contributed by atoms with Crippen molar-refractivity contribution in [3.05, 3.63) is 94.7 Å². The quantitative estimate of drug-likeness (QED) is 0.264. The molecule has 3 rings (SSSR count). The summed E-state index contributed by atoms with van der Waals surface area (Å²) in [5.41, 5.74) is 8.95. The highest BCUT2D eigenvalue weighted by atomic mass is 16.3. The van der Waals surface area contributed by atoms with Gasteiger partial charge in [0.05, 0.1) is 0 Å². The molecule has 0 bridgehead atoms. The van der Waals surface area contributed by atoms with E-state index in [2.05, 4.69) is 59.5 Å². The van der Waals surface area contributed by atoms with Crippen LogP contribution in [-0.4, -0.2) is 37.2 Å². The minimum atomic E-state index is 0.291. The number of phenols is 1. The highest BCUT2D eigenvalue weighted by Gasteiger charge is 2.15. The molecule has 0 aromatic heterocycles. The third kappa shape index (κ3) is 7.87. The third-order valence-electron chi connectivity index (χ3n) is 7.24. The Hall–Kier alpha value is -3.24. The lowest BCUT2D eigenvalue weighted by Gasteiger charge is -2.26. The topological polar surface area (TPSA) is 47.5 Å². The predicted octanol–water partition coefficient (Wildman–Crippen LogP) is 7.54. The number of rotatable bonds is 12. The Morgan fingerprint density at radius 2 is 1.84 bits per heavy atom. The van der Waals surface area contributed by atoms with E-state index >= 15 is 0 Å². The first-order chi connectivity index (χ1) is 18.0. The first-order valence-electron chi connectivity index (χ1n) is 13.7. The van der Waals surface area contributed by atoms with Gasteiger partial charge in [0, 0.05) is 43.7 Å². The number of hydrogen-bond donors (Lipinski definition) is 3. The maximum atomic E-state index is 10.8. The number of nitrogens with zero attached hydrogens (tertiary/aromatic N) is 1. The van der Waals surface area contributed by atoms with Crippen molar-refractivity contribution >= 4 is 17.3 Å². The van der Waals surface area contributed by atoms with E-state index in [1.54, 1.807) is 0 Å². The molecule has 3 N–H and O–H groups in total. The first kappa shape index (κ1) is 28.3. The van der Waals surface area contributed by atoms with Gasteiger partial charge in [0.2, 0.25) is 0 Å². The number of likely N-dealkylation sites (tertiary alicyclic amines) is 1. The van der Waals surface area contributed by atoms with Crippen LogP contribution in [0, 0.1) is 0 Å². The third-order valence-corrected chi connectivity index (χ3v) is 7.24. The molecule has 4 heteroatoms. The molecule has 2 aromatic carbocycles. The van der Waals surface area contributed by atoms with Crippen molar-refractivity contribution in [3.63, 3.8) is 0 Å². The number of aryl methyl sites for hydroxylation is 1. The second-order valence-electron chi connectivity index (χ2n) is 9.87. The molecule has 0 radical (unpaired) electrons. The average Bonchev–Trinajstić information content (AvgIpc) is 2.91. The molecule has 1 aliphatic rings. The lowest BCUT2D eigenvalue weighted by molar-refractivity contribution is 0.221. The lowest BCUT2D eigenvalue weighted by Crippen LogP contribution is -2.29. The number of aromatic hydroxyl groups is 1. The van der Waals surface area contributed by atoms with Crippen LogP contribution in [0.2, 0.25) is 0 Å². The van der Waals surface area contributed by atoms with E-state index in [1.165, 1.54) is 60.3 Å². The zero-order valence-electron chi connectivity index (χ0n) is 23.2. The van der Waals surface area contributed by atoms with Crippen LogP contribution in [0.1, 0.15) is 68.2 Å². The fraction of sp³-hybridized carbons (Fsp3) is 0.394. The van der Waals surface area contributed by atoms with Crippen LogP contribution in [0.15, 0.2) is 72.5 Å². The molecule has 0 saturated carbocycles. The van der Waals surface area contributed by atoms with Crippen molar-refractivity contribution in [1.82, 2.24) is 10.2 Å². The van der Waals surface area contributed by atoms with Gasteiger partial charge in [-0.1, -0.05) is 61.6 Å². The Morgan fingerprint density at radius 1 is 1.05 bits per heavy atom. The molecule has 0 amide bonds. The molecule has 0 aliphatic carbocycles. The van der Waals surface area contributed by atoms with Gasteiger partial charge >= 0.3 is 0 Å². The molecule has 2 aromatic rings. The SMILES string of the molecule is C=C(CC(=C/NC)/C(=C/C)CCc1ccc(CN2CCCCC2)cc1NC)c1cccc(/C=C/C)c1O. The van der Waals surface area contributed by atoms with Crippen LogP contribution in [-0.2, 0) is 13.0 Å². The number of piperidine rings is 1. The number of anilines is 1. The number of benzene rings is 2. The van der Waals surface area contributed by atoms with Gasteiger partial charge in [0.15, 0.2) is 0 Å². The average molecular weight is 500 g/mol. The smallest absolute Gasteiger partial charge is 0.130 e. The van der Waals surface area contributed by atoms with Crippen LogP contribution in [0.5, 0.6) is 5.75 Å². The van der Waals surface area contributed by atoms with E-state index in [1.807, 2.05) is 51.4 Å². The zero-order chi connectivity index (χ0) is 26.6. The summed E-state index contributed by atoms with van der Waals surface area (Å²) >= 11 is 0. The fourth-order valence-corrected chi connectivity index (χ4v) is 5.23. The Morgan fingerprint density at radius 3 is 2.51 bits per heavy atom. The van der Waals surface area contributed by atoms with E-state index in [9.17, 15) is 5.11 Å². The molecule has 1 heterocycles. The summed E-state index contributed by atoms with van der Waals surface area (Å²) in [5.74, 6) is 0.291. The number of hydrogen-bond acceptors (Lipinski definition) is 4. The van der Waals surface area contributed by atoms with E-state index in [4.69, 9.17) is 0 Å². The number of phenolic OH excluding ortho intramolecular Hbond substituents is 1. The van der Waals surface area contributed by atoms with Crippen LogP contribution in [0.4, 0.5) is 5.69 Å². The summed E-state index contributed by atoms with van der Waals surface area (Å²) in [6.45, 7) is 11.9. The maximum absolute atomic E-state index is 10.8. The molecule has 1 fully saturated rings. The molecule has 0 unspecified atom stereocenters. The normalized spacial score (nSPS) is 15.2. The highest BCUT2D eigenvalue weighted by molar-refractivity contribution is 5.75. The summed E-state index contributed by atoms with van der Waals surface area (Å²) in [5, 5.41) is 17.4. The molecule has 37 heavy (non-hydrogen) atoms. The van der Waals surface area contributed by atoms with Gasteiger partial charge in [-0.3, -0.25) is 4.90 Å². The molecular weight excluding hydrogens is 454 g/mol. The van der Waals surface area contributed by atoms with Gasteiger partial charge in [-0.15, -0.1) is 0 Å². The Kier molecular flexibility index (Phi) is 11.1. The van der Waals surface area contributed by atoms with Gasteiger partial charge < -0.3 is 15.7 Å². The minimum absolute atomic E-state index is 0.291. The predicted molar refractivity (Wildman–Crippen MR) is 161 cm³/mol. The van der Waals surface area contributed by atoms with Crippen molar-refractivity contribution in [2.24, 2.45) is 0 Å². The minimum Gasteiger partial charge on any atom is -0.507 e. The Balaban J connectivity index is 1.71. The summed E-state index contributed by atoms with van der Waals surface area (Å²) in [7, 11) is 3.95. The van der Waals surface area contributed by atoms with E-state index in [0.717, 1.165) is 36.1 Å². The van der Waals surface area contributed by atoms with Crippen molar-refractivity contribution in [2.75, 3.05) is 32.5 Å². The van der Waals surface area contributed by atoms with Crippen molar-refractivity contribution in [1.29, 1.82) is 0 Å². The van der Waals surface area contributed by atoms with Crippen LogP contribution < -0.4 is 10.6 Å². The zero-order valence-corrected chi connectivity index (χ0v) is 23.2. The van der Waals surface area contributed by atoms with Crippen LogP contribution in [0.3, 0.4) is 0 Å². The van der Waals surface area contributed by atoms with Crippen LogP contribution in [0.25, 0.3) is 11.6 Å². The van der Waals surface area contributed by atoms with Crippen molar-refractivity contribution in [3.8, 4) is 5.75 Å². The second-order valence-corrected chi connectivity index (χ2v) is 9.87. The van der Waals surface area contributed by atoms with E-state index in [-0.39, 0.29) is 0 Å². The summed E-state index contributed by atoms with van der Waals surface area (Å²) in [6, 6.07) is 12.8. The molecular formula is C33H45N3O. The standard InChI is InChI=1S/C33H45N3O/c1-6-12-29-13-11-14-31(33(29)37)25(3)21-30(23-34-4)27(7-2)17-18-28-16-15-26(22-32(28)35-5)24-36-19-9-8-10-20-36/h6-7,11-16,22-23,34-35,37H,3,8-10,17-21,24H2,1-2,4-5H3/b12-6+,27-7+,30-23-. The molecule has 1 aliphatic heterocycles. The van der Waals surface area contributed by atoms with Gasteiger partial charge in [0.25, 0.3) is 0 Å². The summed E-state index contributed by atoms with van der Waals surface area (Å²) in [4.78, 5) is 2.57. The monoisotopic (exact) mass is 499 g/mol. The number of allylic oxidation sites excluding steroid dienone is 5. The van der Waals surface area contributed by atoms with E-state index < -0.39 is 0 Å². The molecule has 1 saturated heterocycles. The molecule has 198 valence electrons. The van der Waals surface area contributed by atoms with Gasteiger partial charge in [-0.2, -0.15) is 0 Å². The molecule has 0 spiro atoms. The second kappa shape index (κ2) is 14.5. The lowest BCUT2D eigenvalue weighted by atomic mass is 9.90. The first-order valence-corrected chi connectivity index (χ1v) is 13.7. The molecule has 0 atom stereocenters. The number of nitrogens with one attached hydrogen (secondary N) is 2. The Labute approximate surface area is 224 Å². The highest BCUT2D eigenvalue weighted by Crippen LogP contribution is 2.34. The van der Waals surface area contributed by atoms with Gasteiger partial charge in [-0.25, -0.2) is 0 Å². The molecule has 4 nitrogen and oxygen atoms in total.